The van der Waals surface area contributed by atoms with Gasteiger partial charge in [0.2, 0.25) is 0 Å². The molecule has 142 valence electrons. The van der Waals surface area contributed by atoms with Crippen molar-refractivity contribution in [3.8, 4) is 0 Å². The molecule has 1 aromatic heterocycles. The minimum atomic E-state index is -0.475. The van der Waals surface area contributed by atoms with E-state index in [4.69, 9.17) is 19.0 Å². The average molecular weight is 360 g/mol. The van der Waals surface area contributed by atoms with Crippen LogP contribution in [0.3, 0.4) is 0 Å². The molecule has 0 radical (unpaired) electrons. The van der Waals surface area contributed by atoms with Crippen LogP contribution < -0.4 is 5.59 Å². The largest absolute Gasteiger partial charge is 0.514 e. The van der Waals surface area contributed by atoms with Gasteiger partial charge in [-0.1, -0.05) is 6.07 Å². The molecule has 0 saturated carbocycles. The molecular weight excluding hydrogens is 331 g/mol. The lowest BCUT2D eigenvalue weighted by atomic mass is 9.83. The van der Waals surface area contributed by atoms with Crippen molar-refractivity contribution < 1.29 is 18.8 Å². The third kappa shape index (κ3) is 3.74. The quantitative estimate of drug-likeness (QED) is 0.759. The molecule has 0 aromatic carbocycles. The molecule has 0 N–H and O–H groups in total. The van der Waals surface area contributed by atoms with Crippen molar-refractivity contribution in [3.63, 3.8) is 0 Å². The first-order chi connectivity index (χ1) is 11.9. The summed E-state index contributed by atoms with van der Waals surface area (Å²) < 4.78 is 17.6. The smallest absolute Gasteiger partial charge is 0.444 e. The van der Waals surface area contributed by atoms with Crippen LogP contribution in [-0.4, -0.2) is 53.0 Å². The Morgan fingerprint density at radius 3 is 2.31 bits per heavy atom. The summed E-state index contributed by atoms with van der Waals surface area (Å²) in [4.78, 5) is 18.5. The van der Waals surface area contributed by atoms with E-state index >= 15 is 0 Å². The van der Waals surface area contributed by atoms with E-state index < -0.39 is 12.7 Å². The van der Waals surface area contributed by atoms with Crippen molar-refractivity contribution in [1.82, 2.24) is 9.88 Å². The van der Waals surface area contributed by atoms with Crippen LogP contribution >= 0.6 is 0 Å². The zero-order chi connectivity index (χ0) is 19.3. The maximum atomic E-state index is 12.1. The standard InChI is InChI=1S/C19H29BN2O4/c1-17(2,3)24-16(23)22-11-13(12-22)14-9-8-10-15(21-14)20-25-18(4,5)19(6,7)26-20/h8-10,13H,11-12H2,1-7H3. The summed E-state index contributed by atoms with van der Waals surface area (Å²) in [5.41, 5.74) is 0.476. The number of hydrogen-bond acceptors (Lipinski definition) is 5. The highest BCUT2D eigenvalue weighted by Gasteiger charge is 2.52. The average Bonchev–Trinajstić information content (AvgIpc) is 2.64. The van der Waals surface area contributed by atoms with Crippen LogP contribution in [0.1, 0.15) is 60.1 Å². The van der Waals surface area contributed by atoms with Crippen LogP contribution in [0.5, 0.6) is 0 Å². The molecule has 2 aliphatic heterocycles. The summed E-state index contributed by atoms with van der Waals surface area (Å²) in [5, 5.41) is 0. The normalized spacial score (nSPS) is 22.3. The van der Waals surface area contributed by atoms with Gasteiger partial charge in [0.05, 0.1) is 16.8 Å². The van der Waals surface area contributed by atoms with E-state index in [2.05, 4.69) is 0 Å². The molecular formula is C19H29BN2O4. The number of carbonyl (C=O) groups is 1. The van der Waals surface area contributed by atoms with Gasteiger partial charge in [-0.05, 0) is 60.6 Å². The summed E-state index contributed by atoms with van der Waals surface area (Å²) >= 11 is 0. The first kappa shape index (κ1) is 19.2. The first-order valence-corrected chi connectivity index (χ1v) is 9.18. The Labute approximate surface area is 156 Å². The van der Waals surface area contributed by atoms with E-state index in [1.807, 2.05) is 66.7 Å². The van der Waals surface area contributed by atoms with Crippen molar-refractivity contribution in [2.75, 3.05) is 13.1 Å². The summed E-state index contributed by atoms with van der Waals surface area (Å²) in [6.07, 6.45) is -0.268. The Morgan fingerprint density at radius 1 is 1.19 bits per heavy atom. The number of nitrogens with zero attached hydrogens (tertiary/aromatic N) is 2. The fraction of sp³-hybridized carbons (Fsp3) is 0.684. The van der Waals surface area contributed by atoms with Crippen molar-refractivity contribution in [3.05, 3.63) is 23.9 Å². The second kappa shape index (κ2) is 6.24. The zero-order valence-electron chi connectivity index (χ0n) is 16.8. The van der Waals surface area contributed by atoms with Gasteiger partial charge < -0.3 is 18.9 Å². The molecule has 0 spiro atoms. The summed E-state index contributed by atoms with van der Waals surface area (Å²) in [6, 6.07) is 5.89. The zero-order valence-corrected chi connectivity index (χ0v) is 16.8. The number of aromatic nitrogens is 1. The van der Waals surface area contributed by atoms with E-state index in [0.29, 0.717) is 13.1 Å². The Balaban J connectivity index is 1.64. The fourth-order valence-corrected chi connectivity index (χ4v) is 2.93. The Kier molecular flexibility index (Phi) is 4.60. The van der Waals surface area contributed by atoms with Gasteiger partial charge in [-0.15, -0.1) is 0 Å². The van der Waals surface area contributed by atoms with Gasteiger partial charge in [-0.3, -0.25) is 4.98 Å². The van der Waals surface area contributed by atoms with Gasteiger partial charge in [0.1, 0.15) is 5.60 Å². The van der Waals surface area contributed by atoms with Crippen LogP contribution in [0, 0.1) is 0 Å². The summed E-state index contributed by atoms with van der Waals surface area (Å²) in [5.74, 6) is 0.213. The molecule has 26 heavy (non-hydrogen) atoms. The molecule has 3 heterocycles. The third-order valence-electron chi connectivity index (χ3n) is 5.24. The van der Waals surface area contributed by atoms with Crippen molar-refractivity contribution in [2.24, 2.45) is 0 Å². The van der Waals surface area contributed by atoms with Crippen LogP contribution in [0.15, 0.2) is 18.2 Å². The van der Waals surface area contributed by atoms with Crippen LogP contribution in [-0.2, 0) is 14.0 Å². The van der Waals surface area contributed by atoms with Crippen LogP contribution in [0.4, 0.5) is 4.79 Å². The predicted octanol–water partition coefficient (Wildman–Crippen LogP) is 2.72. The molecule has 2 saturated heterocycles. The predicted molar refractivity (Wildman–Crippen MR) is 101 cm³/mol. The molecule has 0 unspecified atom stereocenters. The minimum absolute atomic E-state index is 0.213. The third-order valence-corrected chi connectivity index (χ3v) is 5.24. The number of ether oxygens (including phenoxy) is 1. The van der Waals surface area contributed by atoms with E-state index in [1.54, 1.807) is 4.90 Å². The Morgan fingerprint density at radius 2 is 1.77 bits per heavy atom. The number of rotatable bonds is 2. The van der Waals surface area contributed by atoms with E-state index in [-0.39, 0.29) is 23.2 Å². The summed E-state index contributed by atoms with van der Waals surface area (Å²) in [6.45, 7) is 15.0. The lowest BCUT2D eigenvalue weighted by Gasteiger charge is -2.39. The van der Waals surface area contributed by atoms with Gasteiger partial charge in [0.25, 0.3) is 0 Å². The van der Waals surface area contributed by atoms with Crippen LogP contribution in [0.25, 0.3) is 0 Å². The lowest BCUT2D eigenvalue weighted by Crippen LogP contribution is -2.51. The fourth-order valence-electron chi connectivity index (χ4n) is 2.93. The van der Waals surface area contributed by atoms with Crippen LogP contribution in [0.2, 0.25) is 0 Å². The van der Waals surface area contributed by atoms with Gasteiger partial charge in [0, 0.05) is 24.7 Å². The molecule has 2 fully saturated rings. The number of likely N-dealkylation sites (tertiary alicyclic amines) is 1. The van der Waals surface area contributed by atoms with Crippen molar-refractivity contribution >= 4 is 18.8 Å². The van der Waals surface area contributed by atoms with Crippen molar-refractivity contribution in [1.29, 1.82) is 0 Å². The maximum Gasteiger partial charge on any atom is 0.514 e. The highest BCUT2D eigenvalue weighted by atomic mass is 16.7. The number of hydrogen-bond donors (Lipinski definition) is 0. The number of carbonyl (C=O) groups excluding carboxylic acids is 1. The Hall–Kier alpha value is -1.60. The molecule has 1 amide bonds. The second-order valence-electron chi connectivity index (χ2n) is 9.16. The van der Waals surface area contributed by atoms with E-state index in [1.165, 1.54) is 0 Å². The molecule has 6 nitrogen and oxygen atoms in total. The van der Waals surface area contributed by atoms with Gasteiger partial charge in [0.15, 0.2) is 0 Å². The molecule has 2 aliphatic rings. The van der Waals surface area contributed by atoms with Gasteiger partial charge in [-0.2, -0.15) is 0 Å². The molecule has 0 bridgehead atoms. The topological polar surface area (TPSA) is 60.9 Å². The van der Waals surface area contributed by atoms with Gasteiger partial charge >= 0.3 is 13.2 Å². The highest BCUT2D eigenvalue weighted by molar-refractivity contribution is 6.61. The van der Waals surface area contributed by atoms with Crippen molar-refractivity contribution in [2.45, 2.75) is 71.2 Å². The molecule has 1 aromatic rings. The molecule has 3 rings (SSSR count). The SMILES string of the molecule is CC(C)(C)OC(=O)N1CC(c2cccc(B3OC(C)(C)C(C)(C)O3)n2)C1. The molecule has 7 heteroatoms. The Bertz CT molecular complexity index is 677. The molecule has 0 aliphatic carbocycles. The van der Waals surface area contributed by atoms with E-state index in [9.17, 15) is 4.79 Å². The number of amides is 1. The maximum absolute atomic E-state index is 12.1. The van der Waals surface area contributed by atoms with Gasteiger partial charge in [-0.25, -0.2) is 4.79 Å². The first-order valence-electron chi connectivity index (χ1n) is 9.18. The van der Waals surface area contributed by atoms with E-state index in [0.717, 1.165) is 11.3 Å². The summed E-state index contributed by atoms with van der Waals surface area (Å²) in [7, 11) is -0.470. The number of pyridine rings is 1. The second-order valence-corrected chi connectivity index (χ2v) is 9.16. The minimum Gasteiger partial charge on any atom is -0.444 e. The molecule has 0 atom stereocenters. The lowest BCUT2D eigenvalue weighted by molar-refractivity contribution is 0.00578. The monoisotopic (exact) mass is 360 g/mol. The highest BCUT2D eigenvalue weighted by Crippen LogP contribution is 2.36.